The molecular formula is C16H32N2O. The second-order valence-electron chi connectivity index (χ2n) is 7.24. The van der Waals surface area contributed by atoms with Crippen molar-refractivity contribution in [3.63, 3.8) is 0 Å². The summed E-state index contributed by atoms with van der Waals surface area (Å²) in [7, 11) is 0. The van der Waals surface area contributed by atoms with Gasteiger partial charge in [-0.15, -0.1) is 0 Å². The zero-order valence-electron chi connectivity index (χ0n) is 12.7. The van der Waals surface area contributed by atoms with Crippen molar-refractivity contribution >= 4 is 0 Å². The molecule has 2 rings (SSSR count). The Balaban J connectivity index is 1.93. The molecule has 0 aromatic rings. The van der Waals surface area contributed by atoms with Gasteiger partial charge in [0.15, 0.2) is 0 Å². The van der Waals surface area contributed by atoms with Gasteiger partial charge in [0, 0.05) is 13.1 Å². The summed E-state index contributed by atoms with van der Waals surface area (Å²) in [6.07, 6.45) is 11.0. The van der Waals surface area contributed by atoms with Gasteiger partial charge in [0.05, 0.1) is 5.60 Å². The van der Waals surface area contributed by atoms with Crippen LogP contribution in [0.5, 0.6) is 0 Å². The van der Waals surface area contributed by atoms with E-state index in [2.05, 4.69) is 4.90 Å². The Morgan fingerprint density at radius 1 is 0.947 bits per heavy atom. The quantitative estimate of drug-likeness (QED) is 0.773. The van der Waals surface area contributed by atoms with Crippen molar-refractivity contribution in [3.8, 4) is 0 Å². The topological polar surface area (TPSA) is 49.5 Å². The molecule has 3 nitrogen and oxygen atoms in total. The van der Waals surface area contributed by atoms with Gasteiger partial charge in [-0.25, -0.2) is 0 Å². The summed E-state index contributed by atoms with van der Waals surface area (Å²) in [6, 6.07) is 0. The first-order valence-electron chi connectivity index (χ1n) is 8.20. The van der Waals surface area contributed by atoms with Crippen LogP contribution in [0.25, 0.3) is 0 Å². The van der Waals surface area contributed by atoms with Crippen molar-refractivity contribution in [1.82, 2.24) is 4.90 Å². The molecular weight excluding hydrogens is 236 g/mol. The number of hydrogen-bond donors (Lipinski definition) is 2. The monoisotopic (exact) mass is 268 g/mol. The fourth-order valence-corrected chi connectivity index (χ4v) is 3.86. The van der Waals surface area contributed by atoms with Gasteiger partial charge in [0.2, 0.25) is 0 Å². The van der Waals surface area contributed by atoms with Crippen LogP contribution in [0.3, 0.4) is 0 Å². The van der Waals surface area contributed by atoms with Gasteiger partial charge in [-0.05, 0) is 57.5 Å². The fourth-order valence-electron chi connectivity index (χ4n) is 3.86. The molecule has 3 heteroatoms. The van der Waals surface area contributed by atoms with Crippen LogP contribution in [0.4, 0.5) is 0 Å². The lowest BCUT2D eigenvalue weighted by Gasteiger charge is -2.37. The summed E-state index contributed by atoms with van der Waals surface area (Å²) in [5.74, 6) is 0. The molecule has 1 aliphatic carbocycles. The molecule has 1 heterocycles. The van der Waals surface area contributed by atoms with Gasteiger partial charge in [0.1, 0.15) is 0 Å². The summed E-state index contributed by atoms with van der Waals surface area (Å²) in [6.45, 7) is 6.15. The Morgan fingerprint density at radius 2 is 1.63 bits per heavy atom. The van der Waals surface area contributed by atoms with Crippen molar-refractivity contribution in [1.29, 1.82) is 0 Å². The third kappa shape index (κ3) is 4.44. The van der Waals surface area contributed by atoms with Crippen LogP contribution in [0.15, 0.2) is 0 Å². The van der Waals surface area contributed by atoms with E-state index in [1.165, 1.54) is 38.5 Å². The van der Waals surface area contributed by atoms with Crippen molar-refractivity contribution < 1.29 is 5.11 Å². The maximum atomic E-state index is 10.2. The first-order chi connectivity index (χ1) is 9.05. The molecule has 1 atom stereocenters. The van der Waals surface area contributed by atoms with Crippen molar-refractivity contribution in [2.45, 2.75) is 70.3 Å². The minimum absolute atomic E-state index is 0.354. The molecule has 0 aromatic heterocycles. The summed E-state index contributed by atoms with van der Waals surface area (Å²) in [5, 5.41) is 10.2. The molecule has 0 aromatic carbocycles. The molecule has 19 heavy (non-hydrogen) atoms. The van der Waals surface area contributed by atoms with E-state index in [1.807, 2.05) is 6.92 Å². The Labute approximate surface area is 118 Å². The molecule has 2 aliphatic rings. The van der Waals surface area contributed by atoms with Crippen LogP contribution in [-0.4, -0.2) is 41.8 Å². The van der Waals surface area contributed by atoms with Crippen molar-refractivity contribution in [3.05, 3.63) is 0 Å². The normalized spacial score (nSPS) is 33.6. The minimum atomic E-state index is -0.450. The van der Waals surface area contributed by atoms with E-state index in [1.54, 1.807) is 0 Å². The molecule has 3 N–H and O–H groups in total. The lowest BCUT2D eigenvalue weighted by Crippen LogP contribution is -2.43. The molecule has 1 aliphatic heterocycles. The van der Waals surface area contributed by atoms with Crippen LogP contribution in [-0.2, 0) is 0 Å². The molecule has 1 saturated carbocycles. The zero-order chi connectivity index (χ0) is 13.8. The van der Waals surface area contributed by atoms with Crippen molar-refractivity contribution in [2.75, 3.05) is 26.2 Å². The number of rotatable bonds is 3. The highest BCUT2D eigenvalue weighted by molar-refractivity contribution is 4.88. The number of hydrogen-bond acceptors (Lipinski definition) is 3. The van der Waals surface area contributed by atoms with E-state index >= 15 is 0 Å². The zero-order valence-corrected chi connectivity index (χ0v) is 12.7. The SMILES string of the molecule is CC1(O)CCCN(CC2(CN)CCCCCC2)CC1. The average Bonchev–Trinajstić information content (AvgIpc) is 2.70. The molecule has 0 radical (unpaired) electrons. The van der Waals surface area contributed by atoms with E-state index in [9.17, 15) is 5.11 Å². The van der Waals surface area contributed by atoms with E-state index in [0.717, 1.165) is 45.4 Å². The largest absolute Gasteiger partial charge is 0.390 e. The number of nitrogens with zero attached hydrogens (tertiary/aromatic N) is 1. The van der Waals surface area contributed by atoms with Crippen LogP contribution in [0.2, 0.25) is 0 Å². The Bertz CT molecular complexity index is 270. The molecule has 0 bridgehead atoms. The van der Waals surface area contributed by atoms with Gasteiger partial charge in [-0.2, -0.15) is 0 Å². The maximum Gasteiger partial charge on any atom is 0.0632 e. The van der Waals surface area contributed by atoms with E-state index in [0.29, 0.717) is 5.41 Å². The smallest absolute Gasteiger partial charge is 0.0632 e. The standard InChI is InChI=1S/C16H32N2O/c1-15(19)7-6-11-18(12-10-15)14-16(13-17)8-4-2-3-5-9-16/h19H,2-14,17H2,1H3. The molecule has 0 amide bonds. The molecule has 0 spiro atoms. The lowest BCUT2D eigenvalue weighted by molar-refractivity contribution is 0.0423. The van der Waals surface area contributed by atoms with Crippen molar-refractivity contribution in [2.24, 2.45) is 11.1 Å². The van der Waals surface area contributed by atoms with E-state index in [-0.39, 0.29) is 0 Å². The van der Waals surface area contributed by atoms with Gasteiger partial charge in [-0.3, -0.25) is 0 Å². The van der Waals surface area contributed by atoms with Crippen LogP contribution >= 0.6 is 0 Å². The summed E-state index contributed by atoms with van der Waals surface area (Å²) in [5.41, 5.74) is 6.04. The fraction of sp³-hybridized carbons (Fsp3) is 1.00. The van der Waals surface area contributed by atoms with Crippen LogP contribution < -0.4 is 5.73 Å². The number of likely N-dealkylation sites (tertiary alicyclic amines) is 1. The Kier molecular flexibility index (Phi) is 5.27. The number of aliphatic hydroxyl groups is 1. The average molecular weight is 268 g/mol. The van der Waals surface area contributed by atoms with Gasteiger partial charge in [-0.1, -0.05) is 25.7 Å². The Morgan fingerprint density at radius 3 is 2.26 bits per heavy atom. The van der Waals surface area contributed by atoms with Crippen LogP contribution in [0, 0.1) is 5.41 Å². The van der Waals surface area contributed by atoms with Gasteiger partial charge < -0.3 is 15.7 Å². The molecule has 2 fully saturated rings. The minimum Gasteiger partial charge on any atom is -0.390 e. The Hall–Kier alpha value is -0.120. The summed E-state index contributed by atoms with van der Waals surface area (Å²) in [4.78, 5) is 2.57. The highest BCUT2D eigenvalue weighted by atomic mass is 16.3. The lowest BCUT2D eigenvalue weighted by atomic mass is 9.80. The predicted molar refractivity (Wildman–Crippen MR) is 80.1 cm³/mol. The second-order valence-corrected chi connectivity index (χ2v) is 7.24. The first-order valence-corrected chi connectivity index (χ1v) is 8.20. The first kappa shape index (κ1) is 15.3. The van der Waals surface area contributed by atoms with Gasteiger partial charge in [0.25, 0.3) is 0 Å². The van der Waals surface area contributed by atoms with E-state index < -0.39 is 5.60 Å². The summed E-state index contributed by atoms with van der Waals surface area (Å²) < 4.78 is 0. The molecule has 1 unspecified atom stereocenters. The molecule has 112 valence electrons. The van der Waals surface area contributed by atoms with E-state index in [4.69, 9.17) is 5.73 Å². The molecule has 1 saturated heterocycles. The third-order valence-corrected chi connectivity index (χ3v) is 5.31. The second kappa shape index (κ2) is 6.55. The highest BCUT2D eigenvalue weighted by Crippen LogP contribution is 2.35. The number of nitrogens with two attached hydrogens (primary N) is 1. The third-order valence-electron chi connectivity index (χ3n) is 5.31. The highest BCUT2D eigenvalue weighted by Gasteiger charge is 2.33. The maximum absolute atomic E-state index is 10.2. The summed E-state index contributed by atoms with van der Waals surface area (Å²) >= 11 is 0. The van der Waals surface area contributed by atoms with Gasteiger partial charge >= 0.3 is 0 Å². The predicted octanol–water partition coefficient (Wildman–Crippen LogP) is 2.52. The van der Waals surface area contributed by atoms with Crippen LogP contribution in [0.1, 0.15) is 64.7 Å².